The minimum absolute atomic E-state index is 0.242. The molecule has 0 aliphatic heterocycles. The summed E-state index contributed by atoms with van der Waals surface area (Å²) in [5.41, 5.74) is 0.962. The highest BCUT2D eigenvalue weighted by molar-refractivity contribution is 5.70. The number of rotatable bonds is 15. The summed E-state index contributed by atoms with van der Waals surface area (Å²) in [6, 6.07) is 9.54. The Labute approximate surface area is 155 Å². The van der Waals surface area contributed by atoms with Crippen molar-refractivity contribution >= 4 is 11.9 Å². The topological polar surface area (TPSA) is 71.1 Å². The van der Waals surface area contributed by atoms with E-state index >= 15 is 0 Å². The van der Waals surface area contributed by atoms with Crippen molar-refractivity contribution in [2.24, 2.45) is 0 Å². The zero-order valence-electron chi connectivity index (χ0n) is 15.6. The minimum Gasteiger partial charge on any atom is -0.463 e. The molecule has 0 heterocycles. The van der Waals surface area contributed by atoms with Gasteiger partial charge >= 0.3 is 11.9 Å². The third-order valence-corrected chi connectivity index (χ3v) is 3.47. The first-order valence-electron chi connectivity index (χ1n) is 9.23. The van der Waals surface area contributed by atoms with Gasteiger partial charge in [0.05, 0.1) is 19.8 Å². The van der Waals surface area contributed by atoms with Gasteiger partial charge in [-0.3, -0.25) is 9.59 Å². The van der Waals surface area contributed by atoms with Crippen molar-refractivity contribution < 1.29 is 28.5 Å². The van der Waals surface area contributed by atoms with Crippen LogP contribution in [-0.2, 0) is 35.1 Å². The Bertz CT molecular complexity index is 488. The molecule has 0 unspecified atom stereocenters. The van der Waals surface area contributed by atoms with Crippen molar-refractivity contribution in [3.05, 3.63) is 35.9 Å². The molecule has 1 aromatic rings. The van der Waals surface area contributed by atoms with Crippen molar-refractivity contribution in [3.63, 3.8) is 0 Å². The first-order chi connectivity index (χ1) is 12.7. The van der Waals surface area contributed by atoms with Gasteiger partial charge in [-0.05, 0) is 24.8 Å². The van der Waals surface area contributed by atoms with Gasteiger partial charge < -0.3 is 18.9 Å². The Kier molecular flexibility index (Phi) is 13.1. The summed E-state index contributed by atoms with van der Waals surface area (Å²) >= 11 is 0. The molecule has 0 spiro atoms. The van der Waals surface area contributed by atoms with E-state index in [9.17, 15) is 9.59 Å². The molecule has 0 amide bonds. The number of carbonyl (C=O) groups is 2. The van der Waals surface area contributed by atoms with Crippen LogP contribution in [0.1, 0.15) is 44.6 Å². The lowest BCUT2D eigenvalue weighted by Crippen LogP contribution is -2.13. The number of esters is 2. The fourth-order valence-electron chi connectivity index (χ4n) is 2.10. The number of hydrogen-bond acceptors (Lipinski definition) is 6. The molecule has 6 nitrogen and oxygen atoms in total. The summed E-state index contributed by atoms with van der Waals surface area (Å²) in [4.78, 5) is 23.2. The van der Waals surface area contributed by atoms with E-state index in [0.717, 1.165) is 18.6 Å². The van der Waals surface area contributed by atoms with Gasteiger partial charge in [0.2, 0.25) is 0 Å². The molecule has 0 aliphatic rings. The summed E-state index contributed by atoms with van der Waals surface area (Å²) in [6.07, 6.45) is 2.80. The minimum atomic E-state index is -0.270. The van der Waals surface area contributed by atoms with Crippen LogP contribution in [0.15, 0.2) is 30.3 Å². The first-order valence-corrected chi connectivity index (χ1v) is 9.23. The van der Waals surface area contributed by atoms with Crippen LogP contribution < -0.4 is 0 Å². The molecule has 0 bridgehead atoms. The van der Waals surface area contributed by atoms with E-state index in [2.05, 4.69) is 0 Å². The molecule has 6 heteroatoms. The van der Waals surface area contributed by atoms with Crippen LogP contribution >= 0.6 is 0 Å². The lowest BCUT2D eigenvalue weighted by Gasteiger charge is -2.07. The van der Waals surface area contributed by atoms with E-state index in [1.54, 1.807) is 0 Å². The molecule has 0 aromatic heterocycles. The Morgan fingerprint density at radius 3 is 2.00 bits per heavy atom. The average Bonchev–Trinajstić information content (AvgIpc) is 2.66. The Morgan fingerprint density at radius 2 is 1.35 bits per heavy atom. The van der Waals surface area contributed by atoms with E-state index in [-0.39, 0.29) is 25.2 Å². The quantitative estimate of drug-likeness (QED) is 0.350. The van der Waals surface area contributed by atoms with Crippen molar-refractivity contribution in [1.29, 1.82) is 0 Å². The number of unbranched alkanes of at least 4 members (excludes halogenated alkanes) is 1. The predicted octanol–water partition coefficient (Wildman–Crippen LogP) is 3.28. The molecule has 0 radical (unpaired) electrons. The molecular weight excluding hydrogens is 336 g/mol. The molecule has 146 valence electrons. The summed E-state index contributed by atoms with van der Waals surface area (Å²) in [6.45, 7) is 4.74. The molecule has 0 fully saturated rings. The maximum atomic E-state index is 11.6. The number of carbonyl (C=O) groups excluding carboxylic acids is 2. The lowest BCUT2D eigenvalue weighted by atomic mass is 10.2. The van der Waals surface area contributed by atoms with Crippen molar-refractivity contribution in [1.82, 2.24) is 0 Å². The second-order valence-corrected chi connectivity index (χ2v) is 5.80. The second-order valence-electron chi connectivity index (χ2n) is 5.80. The molecule has 26 heavy (non-hydrogen) atoms. The van der Waals surface area contributed by atoms with Crippen LogP contribution in [0.4, 0.5) is 0 Å². The van der Waals surface area contributed by atoms with Crippen LogP contribution in [-0.4, -0.2) is 45.0 Å². The van der Waals surface area contributed by atoms with E-state index < -0.39 is 0 Å². The van der Waals surface area contributed by atoms with Crippen molar-refractivity contribution in [3.8, 4) is 0 Å². The normalized spacial score (nSPS) is 10.5. The Morgan fingerprint density at radius 1 is 0.769 bits per heavy atom. The van der Waals surface area contributed by atoms with Crippen molar-refractivity contribution in [2.75, 3.05) is 33.0 Å². The molecule has 1 aromatic carbocycles. The van der Waals surface area contributed by atoms with Crippen LogP contribution in [0.5, 0.6) is 0 Å². The number of ether oxygens (including phenoxy) is 4. The molecule has 0 saturated heterocycles. The number of hydrogen-bond donors (Lipinski definition) is 0. The van der Waals surface area contributed by atoms with Gasteiger partial charge in [0, 0.05) is 19.4 Å². The summed E-state index contributed by atoms with van der Waals surface area (Å²) in [5, 5.41) is 0. The van der Waals surface area contributed by atoms with E-state index in [4.69, 9.17) is 18.9 Å². The maximum absolute atomic E-state index is 11.6. The highest BCUT2D eigenvalue weighted by Crippen LogP contribution is 2.06. The monoisotopic (exact) mass is 366 g/mol. The van der Waals surface area contributed by atoms with Crippen LogP contribution in [0.2, 0.25) is 0 Å². The first kappa shape index (κ1) is 22.1. The smallest absolute Gasteiger partial charge is 0.306 e. The van der Waals surface area contributed by atoms with Gasteiger partial charge in [0.25, 0.3) is 0 Å². The average molecular weight is 366 g/mol. The molecule has 0 aliphatic carbocycles. The van der Waals surface area contributed by atoms with Gasteiger partial charge in [-0.1, -0.05) is 37.3 Å². The predicted molar refractivity (Wildman–Crippen MR) is 97.6 cm³/mol. The third-order valence-electron chi connectivity index (χ3n) is 3.47. The lowest BCUT2D eigenvalue weighted by molar-refractivity contribution is -0.147. The molecule has 0 atom stereocenters. The van der Waals surface area contributed by atoms with Gasteiger partial charge in [-0.25, -0.2) is 0 Å². The fourth-order valence-corrected chi connectivity index (χ4v) is 2.10. The van der Waals surface area contributed by atoms with Gasteiger partial charge in [0.1, 0.15) is 13.2 Å². The zero-order chi connectivity index (χ0) is 18.9. The van der Waals surface area contributed by atoms with E-state index in [0.29, 0.717) is 45.5 Å². The van der Waals surface area contributed by atoms with E-state index in [1.165, 1.54) is 0 Å². The highest BCUT2D eigenvalue weighted by Gasteiger charge is 2.06. The van der Waals surface area contributed by atoms with Crippen molar-refractivity contribution in [2.45, 2.75) is 45.6 Å². The highest BCUT2D eigenvalue weighted by atomic mass is 16.6. The molecule has 1 rings (SSSR count). The summed E-state index contributed by atoms with van der Waals surface area (Å²) in [5.74, 6) is -0.519. The second kappa shape index (κ2) is 15.3. The SMILES string of the molecule is CCCOCCOCCOC(=O)CCCCC(=O)OCc1ccccc1. The van der Waals surface area contributed by atoms with Crippen LogP contribution in [0.3, 0.4) is 0 Å². The zero-order valence-corrected chi connectivity index (χ0v) is 15.6. The maximum Gasteiger partial charge on any atom is 0.306 e. The third kappa shape index (κ3) is 12.4. The fraction of sp³-hybridized carbons (Fsp3) is 0.600. The summed E-state index contributed by atoms with van der Waals surface area (Å²) in [7, 11) is 0. The van der Waals surface area contributed by atoms with Crippen LogP contribution in [0, 0.1) is 0 Å². The molecule has 0 saturated carbocycles. The van der Waals surface area contributed by atoms with E-state index in [1.807, 2.05) is 37.3 Å². The van der Waals surface area contributed by atoms with Gasteiger partial charge in [-0.2, -0.15) is 0 Å². The Balaban J connectivity index is 1.90. The number of benzene rings is 1. The summed E-state index contributed by atoms with van der Waals surface area (Å²) < 4.78 is 20.8. The molecule has 0 N–H and O–H groups in total. The van der Waals surface area contributed by atoms with Crippen LogP contribution in [0.25, 0.3) is 0 Å². The van der Waals surface area contributed by atoms with Gasteiger partial charge in [0.15, 0.2) is 0 Å². The largest absolute Gasteiger partial charge is 0.463 e. The molecular formula is C20H30O6. The standard InChI is InChI=1S/C20H30O6/c1-2-12-23-13-14-24-15-16-25-19(21)10-6-7-11-20(22)26-17-18-8-4-3-5-9-18/h3-5,8-9H,2,6-7,10-17H2,1H3. The van der Waals surface area contributed by atoms with Gasteiger partial charge in [-0.15, -0.1) is 0 Å². The Hall–Kier alpha value is -1.92.